The third kappa shape index (κ3) is 2.82. The Morgan fingerprint density at radius 3 is 2.65 bits per heavy atom. The van der Waals surface area contributed by atoms with Gasteiger partial charge >= 0.3 is 0 Å². The van der Waals surface area contributed by atoms with Crippen molar-refractivity contribution in [2.45, 2.75) is 39.2 Å². The van der Waals surface area contributed by atoms with E-state index in [1.54, 1.807) is 4.90 Å². The van der Waals surface area contributed by atoms with Crippen LogP contribution in [0.4, 0.5) is 11.6 Å². The van der Waals surface area contributed by atoms with Gasteiger partial charge in [0.2, 0.25) is 5.91 Å². The summed E-state index contributed by atoms with van der Waals surface area (Å²) in [4.78, 5) is 22.6. The molecule has 0 spiro atoms. The van der Waals surface area contributed by atoms with Crippen LogP contribution in [0, 0.1) is 6.92 Å². The van der Waals surface area contributed by atoms with Crippen molar-refractivity contribution in [3.8, 4) is 0 Å². The lowest BCUT2D eigenvalue weighted by atomic mass is 10.2. The van der Waals surface area contributed by atoms with Crippen LogP contribution in [0.15, 0.2) is 0 Å². The lowest BCUT2D eigenvalue weighted by Gasteiger charge is -2.17. The molecule has 0 bridgehead atoms. The lowest BCUT2D eigenvalue weighted by molar-refractivity contribution is -0.127. The van der Waals surface area contributed by atoms with Crippen LogP contribution in [0.25, 0.3) is 0 Å². The highest BCUT2D eigenvalue weighted by molar-refractivity contribution is 5.86. The molecule has 1 saturated heterocycles. The van der Waals surface area contributed by atoms with E-state index in [1.165, 1.54) is 0 Å². The predicted octanol–water partition coefficient (Wildman–Crippen LogP) is 0.666. The molecule has 7 nitrogen and oxygen atoms in total. The zero-order valence-electron chi connectivity index (χ0n) is 12.2. The molecule has 1 unspecified atom stereocenters. The number of hydrogen-bond acceptors (Lipinski definition) is 6. The predicted molar refractivity (Wildman–Crippen MR) is 78.2 cm³/mol. The molecule has 0 saturated carbocycles. The Bertz CT molecular complexity index is 504. The second kappa shape index (κ2) is 6.04. The first-order valence-electron chi connectivity index (χ1n) is 6.92. The number of nitrogens with two attached hydrogens (primary N) is 1. The first-order chi connectivity index (χ1) is 9.56. The van der Waals surface area contributed by atoms with Gasteiger partial charge in [-0.25, -0.2) is 15.8 Å². The molecule has 1 aromatic rings. The number of likely N-dealkylation sites (N-methyl/N-ethyl adjacent to an activating group) is 1. The van der Waals surface area contributed by atoms with Gasteiger partial charge in [-0.2, -0.15) is 0 Å². The molecular weight excluding hydrogens is 256 g/mol. The number of aromatic nitrogens is 2. The van der Waals surface area contributed by atoms with E-state index in [1.807, 2.05) is 14.0 Å². The maximum atomic E-state index is 12.0. The highest BCUT2D eigenvalue weighted by Crippen LogP contribution is 2.22. The molecule has 0 radical (unpaired) electrons. The summed E-state index contributed by atoms with van der Waals surface area (Å²) in [6.45, 7) is 4.72. The Balaban J connectivity index is 2.25. The maximum absolute atomic E-state index is 12.0. The van der Waals surface area contributed by atoms with Gasteiger partial charge in [-0.3, -0.25) is 4.79 Å². The molecule has 20 heavy (non-hydrogen) atoms. The lowest BCUT2D eigenvalue weighted by Crippen LogP contribution is -2.31. The quantitative estimate of drug-likeness (QED) is 0.541. The van der Waals surface area contributed by atoms with Crippen LogP contribution in [-0.2, 0) is 11.2 Å². The largest absolute Gasteiger partial charge is 0.358 e. The molecule has 1 amide bonds. The summed E-state index contributed by atoms with van der Waals surface area (Å²) >= 11 is 0. The molecule has 110 valence electrons. The minimum atomic E-state index is -0.214. The highest BCUT2D eigenvalue weighted by Gasteiger charge is 2.29. The Morgan fingerprint density at radius 2 is 2.10 bits per heavy atom. The Morgan fingerprint density at radius 1 is 1.40 bits per heavy atom. The standard InChI is InChI=1S/C13H22N6O/c1-4-5-10-16-11(8(2)12(17-10)18-14)15-9-6-7-19(3)13(9)20/h9H,4-7,14H2,1-3H3,(H2,15,16,17,18). The minimum Gasteiger partial charge on any atom is -0.358 e. The summed E-state index contributed by atoms with van der Waals surface area (Å²) in [6, 6.07) is -0.214. The van der Waals surface area contributed by atoms with Crippen molar-refractivity contribution < 1.29 is 4.79 Å². The average molecular weight is 278 g/mol. The van der Waals surface area contributed by atoms with Crippen molar-refractivity contribution in [2.75, 3.05) is 24.3 Å². The number of nitrogens with one attached hydrogen (secondary N) is 2. The van der Waals surface area contributed by atoms with Gasteiger partial charge in [0.25, 0.3) is 0 Å². The van der Waals surface area contributed by atoms with Crippen molar-refractivity contribution in [2.24, 2.45) is 5.84 Å². The first-order valence-corrected chi connectivity index (χ1v) is 6.92. The number of carbonyl (C=O) groups is 1. The van der Waals surface area contributed by atoms with Gasteiger partial charge in [-0.1, -0.05) is 6.92 Å². The molecule has 2 rings (SSSR count). The topological polar surface area (TPSA) is 96.2 Å². The van der Waals surface area contributed by atoms with Gasteiger partial charge < -0.3 is 15.6 Å². The van der Waals surface area contributed by atoms with Crippen molar-refractivity contribution >= 4 is 17.5 Å². The summed E-state index contributed by atoms with van der Waals surface area (Å²) < 4.78 is 0. The number of hydrogen-bond donors (Lipinski definition) is 3. The molecule has 1 atom stereocenters. The second-order valence-corrected chi connectivity index (χ2v) is 5.10. The van der Waals surface area contributed by atoms with Crippen LogP contribution >= 0.6 is 0 Å². The van der Waals surface area contributed by atoms with Crippen LogP contribution in [0.5, 0.6) is 0 Å². The summed E-state index contributed by atoms with van der Waals surface area (Å²) in [7, 11) is 1.81. The third-order valence-corrected chi connectivity index (χ3v) is 3.54. The molecular formula is C13H22N6O. The molecule has 1 aromatic heterocycles. The van der Waals surface area contributed by atoms with E-state index in [0.29, 0.717) is 11.6 Å². The van der Waals surface area contributed by atoms with Crippen LogP contribution < -0.4 is 16.6 Å². The van der Waals surface area contributed by atoms with Crippen LogP contribution in [0.2, 0.25) is 0 Å². The zero-order valence-corrected chi connectivity index (χ0v) is 12.2. The summed E-state index contributed by atoms with van der Waals surface area (Å²) in [5.74, 6) is 7.61. The fraction of sp³-hybridized carbons (Fsp3) is 0.615. The minimum absolute atomic E-state index is 0.0994. The van der Waals surface area contributed by atoms with E-state index in [0.717, 1.165) is 37.2 Å². The fourth-order valence-electron chi connectivity index (χ4n) is 2.30. The van der Waals surface area contributed by atoms with Crippen LogP contribution in [0.1, 0.15) is 31.2 Å². The number of amides is 1. The number of carbonyl (C=O) groups excluding carboxylic acids is 1. The summed E-state index contributed by atoms with van der Waals surface area (Å²) in [5.41, 5.74) is 3.42. The van der Waals surface area contributed by atoms with Crippen molar-refractivity contribution in [1.29, 1.82) is 0 Å². The van der Waals surface area contributed by atoms with Gasteiger partial charge in [0.05, 0.1) is 0 Å². The number of nitrogen functional groups attached to an aromatic ring is 1. The maximum Gasteiger partial charge on any atom is 0.244 e. The van der Waals surface area contributed by atoms with Gasteiger partial charge in [-0.15, -0.1) is 0 Å². The van der Waals surface area contributed by atoms with E-state index in [4.69, 9.17) is 5.84 Å². The van der Waals surface area contributed by atoms with Gasteiger partial charge in [0.1, 0.15) is 23.5 Å². The van der Waals surface area contributed by atoms with Gasteiger partial charge in [-0.05, 0) is 19.8 Å². The molecule has 1 aliphatic heterocycles. The summed E-state index contributed by atoms with van der Waals surface area (Å²) in [6.07, 6.45) is 2.52. The van der Waals surface area contributed by atoms with Crippen molar-refractivity contribution in [3.63, 3.8) is 0 Å². The van der Waals surface area contributed by atoms with Gasteiger partial charge in [0.15, 0.2) is 0 Å². The van der Waals surface area contributed by atoms with E-state index < -0.39 is 0 Å². The van der Waals surface area contributed by atoms with Crippen LogP contribution in [0.3, 0.4) is 0 Å². The third-order valence-electron chi connectivity index (χ3n) is 3.54. The molecule has 1 aliphatic rings. The van der Waals surface area contributed by atoms with Crippen molar-refractivity contribution in [3.05, 3.63) is 11.4 Å². The molecule has 1 fully saturated rings. The Labute approximate surface area is 118 Å². The van der Waals surface area contributed by atoms with Crippen molar-refractivity contribution in [1.82, 2.24) is 14.9 Å². The number of rotatable bonds is 5. The molecule has 4 N–H and O–H groups in total. The first kappa shape index (κ1) is 14.5. The summed E-state index contributed by atoms with van der Waals surface area (Å²) in [5, 5.41) is 3.22. The Kier molecular flexibility index (Phi) is 4.39. The molecule has 0 aliphatic carbocycles. The highest BCUT2D eigenvalue weighted by atomic mass is 16.2. The number of nitrogens with zero attached hydrogens (tertiary/aromatic N) is 3. The normalized spacial score (nSPS) is 18.5. The number of aryl methyl sites for hydroxylation is 1. The van der Waals surface area contributed by atoms with E-state index in [2.05, 4.69) is 27.6 Å². The van der Waals surface area contributed by atoms with Gasteiger partial charge in [0, 0.05) is 25.6 Å². The fourth-order valence-corrected chi connectivity index (χ4v) is 2.30. The Hall–Kier alpha value is -1.89. The van der Waals surface area contributed by atoms with Crippen LogP contribution in [-0.4, -0.2) is 40.4 Å². The average Bonchev–Trinajstić information content (AvgIpc) is 2.74. The zero-order chi connectivity index (χ0) is 14.7. The second-order valence-electron chi connectivity index (χ2n) is 5.10. The molecule has 2 heterocycles. The number of hydrazine groups is 1. The number of anilines is 2. The van der Waals surface area contributed by atoms with E-state index in [9.17, 15) is 4.79 Å². The van der Waals surface area contributed by atoms with E-state index in [-0.39, 0.29) is 11.9 Å². The smallest absolute Gasteiger partial charge is 0.244 e. The number of likely N-dealkylation sites (tertiary alicyclic amines) is 1. The monoisotopic (exact) mass is 278 g/mol. The van der Waals surface area contributed by atoms with E-state index >= 15 is 0 Å². The SMILES string of the molecule is CCCc1nc(NN)c(C)c(NC2CCN(C)C2=O)n1. The molecule has 7 heteroatoms. The molecule has 0 aromatic carbocycles.